The van der Waals surface area contributed by atoms with Gasteiger partial charge in [-0.05, 0) is 25.2 Å². The summed E-state index contributed by atoms with van der Waals surface area (Å²) in [5.74, 6) is -0.723. The lowest BCUT2D eigenvalue weighted by Gasteiger charge is -2.37. The van der Waals surface area contributed by atoms with Crippen molar-refractivity contribution >= 4 is 11.9 Å². The topological polar surface area (TPSA) is 92.4 Å². The van der Waals surface area contributed by atoms with E-state index in [1.165, 1.54) is 0 Å². The van der Waals surface area contributed by atoms with E-state index in [1.54, 1.807) is 0 Å². The van der Waals surface area contributed by atoms with E-state index in [9.17, 15) is 9.59 Å². The van der Waals surface area contributed by atoms with Gasteiger partial charge in [0.2, 0.25) is 5.91 Å². The second-order valence-corrected chi connectivity index (χ2v) is 6.14. The van der Waals surface area contributed by atoms with E-state index >= 15 is 0 Å². The van der Waals surface area contributed by atoms with Gasteiger partial charge in [0.25, 0.3) is 0 Å². The van der Waals surface area contributed by atoms with Crippen molar-refractivity contribution < 1.29 is 14.7 Å². The number of carboxylic acids is 1. The molecule has 1 rings (SSSR count). The lowest BCUT2D eigenvalue weighted by Crippen LogP contribution is -2.55. The van der Waals surface area contributed by atoms with Gasteiger partial charge in [-0.25, -0.2) is 0 Å². The molecule has 5 nitrogen and oxygen atoms in total. The lowest BCUT2D eigenvalue weighted by atomic mass is 9.79. The third-order valence-corrected chi connectivity index (χ3v) is 3.75. The highest BCUT2D eigenvalue weighted by atomic mass is 16.4. The standard InChI is InChI=1S/C14H26N2O3/c1-10(2)8-11(15)13(19)16-14(9-12(17)18)6-4-3-5-7-14/h10-11H,3-9,15H2,1-2H3,(H,16,19)(H,17,18)/t11-/m1/s1. The van der Waals surface area contributed by atoms with Gasteiger partial charge in [-0.3, -0.25) is 9.59 Å². The Morgan fingerprint density at radius 2 is 1.84 bits per heavy atom. The van der Waals surface area contributed by atoms with Crippen LogP contribution >= 0.6 is 0 Å². The highest BCUT2D eigenvalue weighted by Crippen LogP contribution is 2.31. The zero-order valence-electron chi connectivity index (χ0n) is 11.9. The van der Waals surface area contributed by atoms with Crippen molar-refractivity contribution in [1.82, 2.24) is 5.32 Å². The van der Waals surface area contributed by atoms with Gasteiger partial charge in [0.15, 0.2) is 0 Å². The van der Waals surface area contributed by atoms with Crippen LogP contribution in [0.1, 0.15) is 58.8 Å². The molecule has 19 heavy (non-hydrogen) atoms. The Labute approximate surface area is 114 Å². The Kier molecular flexibility index (Phi) is 5.79. The number of amides is 1. The van der Waals surface area contributed by atoms with Gasteiger partial charge >= 0.3 is 5.97 Å². The Balaban J connectivity index is 2.66. The summed E-state index contributed by atoms with van der Waals surface area (Å²) in [6.07, 6.45) is 5.12. The maximum absolute atomic E-state index is 12.1. The first-order chi connectivity index (χ1) is 8.84. The lowest BCUT2D eigenvalue weighted by molar-refractivity contribution is -0.139. The van der Waals surface area contributed by atoms with E-state index in [2.05, 4.69) is 5.32 Å². The third kappa shape index (κ3) is 5.19. The van der Waals surface area contributed by atoms with Crippen molar-refractivity contribution in [3.8, 4) is 0 Å². The molecule has 0 aromatic rings. The Morgan fingerprint density at radius 1 is 1.26 bits per heavy atom. The second kappa shape index (κ2) is 6.89. The molecule has 0 aromatic heterocycles. The Hall–Kier alpha value is -1.10. The van der Waals surface area contributed by atoms with Crippen molar-refractivity contribution in [3.63, 3.8) is 0 Å². The highest BCUT2D eigenvalue weighted by molar-refractivity contribution is 5.83. The number of hydrogen-bond donors (Lipinski definition) is 3. The van der Waals surface area contributed by atoms with E-state index in [-0.39, 0.29) is 12.3 Å². The number of nitrogens with two attached hydrogens (primary N) is 1. The van der Waals surface area contributed by atoms with Gasteiger partial charge in [-0.2, -0.15) is 0 Å². The molecule has 0 saturated heterocycles. The molecule has 0 aliphatic heterocycles. The monoisotopic (exact) mass is 270 g/mol. The summed E-state index contributed by atoms with van der Waals surface area (Å²) in [5.41, 5.74) is 5.28. The maximum atomic E-state index is 12.1. The Bertz CT molecular complexity index is 323. The average molecular weight is 270 g/mol. The summed E-state index contributed by atoms with van der Waals surface area (Å²) in [6.45, 7) is 4.03. The minimum Gasteiger partial charge on any atom is -0.481 e. The molecule has 0 bridgehead atoms. The van der Waals surface area contributed by atoms with E-state index < -0.39 is 17.6 Å². The number of rotatable bonds is 6. The largest absolute Gasteiger partial charge is 0.481 e. The summed E-state index contributed by atoms with van der Waals surface area (Å²) in [6, 6.07) is -0.549. The van der Waals surface area contributed by atoms with Gasteiger partial charge in [0.1, 0.15) is 0 Å². The first kappa shape index (κ1) is 16.0. The molecular weight excluding hydrogens is 244 g/mol. The zero-order valence-corrected chi connectivity index (χ0v) is 11.9. The molecule has 1 aliphatic rings. The predicted molar refractivity (Wildman–Crippen MR) is 73.6 cm³/mol. The molecule has 5 heteroatoms. The summed E-state index contributed by atoms with van der Waals surface area (Å²) in [7, 11) is 0. The van der Waals surface area contributed by atoms with Gasteiger partial charge < -0.3 is 16.2 Å². The summed E-state index contributed by atoms with van der Waals surface area (Å²) in [5, 5.41) is 12.0. The third-order valence-electron chi connectivity index (χ3n) is 3.75. The SMILES string of the molecule is CC(C)C[C@@H](N)C(=O)NC1(CC(=O)O)CCCCC1. The summed E-state index contributed by atoms with van der Waals surface area (Å²) in [4.78, 5) is 23.1. The molecule has 0 unspecified atom stereocenters. The van der Waals surface area contributed by atoms with Crippen LogP contribution in [0, 0.1) is 5.92 Å². The molecule has 1 atom stereocenters. The van der Waals surface area contributed by atoms with Crippen molar-refractivity contribution in [1.29, 1.82) is 0 Å². The molecule has 1 fully saturated rings. The van der Waals surface area contributed by atoms with Gasteiger partial charge in [-0.15, -0.1) is 0 Å². The second-order valence-electron chi connectivity index (χ2n) is 6.14. The number of carboxylic acid groups (broad SMARTS) is 1. The van der Waals surface area contributed by atoms with Crippen LogP contribution in [0.25, 0.3) is 0 Å². The van der Waals surface area contributed by atoms with Crippen LogP contribution in [0.3, 0.4) is 0 Å². The fourth-order valence-electron chi connectivity index (χ4n) is 2.83. The number of aliphatic carboxylic acids is 1. The van der Waals surface area contributed by atoms with E-state index in [4.69, 9.17) is 10.8 Å². The number of nitrogens with one attached hydrogen (secondary N) is 1. The van der Waals surface area contributed by atoms with Crippen LogP contribution in [-0.2, 0) is 9.59 Å². The fourth-order valence-corrected chi connectivity index (χ4v) is 2.83. The maximum Gasteiger partial charge on any atom is 0.305 e. The van der Waals surface area contributed by atoms with Crippen molar-refractivity contribution in [3.05, 3.63) is 0 Å². The molecule has 110 valence electrons. The van der Waals surface area contributed by atoms with Crippen LogP contribution in [-0.4, -0.2) is 28.6 Å². The minimum absolute atomic E-state index is 0.00681. The van der Waals surface area contributed by atoms with E-state index in [0.29, 0.717) is 12.3 Å². The van der Waals surface area contributed by atoms with Crippen LogP contribution in [0.5, 0.6) is 0 Å². The molecule has 1 saturated carbocycles. The normalized spacial score (nSPS) is 20.0. The van der Waals surface area contributed by atoms with Crippen LogP contribution in [0.4, 0.5) is 0 Å². The minimum atomic E-state index is -0.861. The number of carbonyl (C=O) groups is 2. The smallest absolute Gasteiger partial charge is 0.305 e. The fraction of sp³-hybridized carbons (Fsp3) is 0.857. The Morgan fingerprint density at radius 3 is 2.32 bits per heavy atom. The van der Waals surface area contributed by atoms with Crippen molar-refractivity contribution in [2.75, 3.05) is 0 Å². The van der Waals surface area contributed by atoms with Gasteiger partial charge in [0, 0.05) is 0 Å². The summed E-state index contributed by atoms with van der Waals surface area (Å²) < 4.78 is 0. The number of hydrogen-bond acceptors (Lipinski definition) is 3. The van der Waals surface area contributed by atoms with Crippen molar-refractivity contribution in [2.45, 2.75) is 70.4 Å². The first-order valence-corrected chi connectivity index (χ1v) is 7.14. The van der Waals surface area contributed by atoms with Crippen LogP contribution < -0.4 is 11.1 Å². The quantitative estimate of drug-likeness (QED) is 0.684. The van der Waals surface area contributed by atoms with Gasteiger partial charge in [0.05, 0.1) is 18.0 Å². The van der Waals surface area contributed by atoms with E-state index in [1.807, 2.05) is 13.8 Å². The molecule has 1 aliphatic carbocycles. The zero-order chi connectivity index (χ0) is 14.5. The molecule has 0 spiro atoms. The molecule has 0 heterocycles. The number of carbonyl (C=O) groups excluding carboxylic acids is 1. The average Bonchev–Trinajstić information content (AvgIpc) is 2.27. The molecule has 0 aromatic carbocycles. The highest BCUT2D eigenvalue weighted by Gasteiger charge is 2.36. The predicted octanol–water partition coefficient (Wildman–Crippen LogP) is 1.65. The van der Waals surface area contributed by atoms with Crippen molar-refractivity contribution in [2.24, 2.45) is 11.7 Å². The first-order valence-electron chi connectivity index (χ1n) is 7.14. The molecule has 0 radical (unpaired) electrons. The van der Waals surface area contributed by atoms with Crippen LogP contribution in [0.2, 0.25) is 0 Å². The van der Waals surface area contributed by atoms with Gasteiger partial charge in [-0.1, -0.05) is 33.1 Å². The molecular formula is C14H26N2O3. The van der Waals surface area contributed by atoms with E-state index in [0.717, 1.165) is 32.1 Å². The van der Waals surface area contributed by atoms with Crippen LogP contribution in [0.15, 0.2) is 0 Å². The molecule has 4 N–H and O–H groups in total. The molecule has 1 amide bonds. The summed E-state index contributed by atoms with van der Waals surface area (Å²) >= 11 is 0.